The summed E-state index contributed by atoms with van der Waals surface area (Å²) in [6.45, 7) is 1.33. The first-order valence-electron chi connectivity index (χ1n) is 9.87. The molecule has 12 heteroatoms. The Morgan fingerprint density at radius 1 is 0.818 bits per heavy atom. The molecule has 0 aliphatic rings. The van der Waals surface area contributed by atoms with Crippen LogP contribution in [0.2, 0.25) is 0 Å². The standard InChI is InChI=1S/C21H23N5O7/c1-26(2)5-3-4-22-19(28)16-7-14(10-32-16)24-21(30)18-8-15(11-33-18)25-20(29)17-6-13(9-31-17)23-12-27/h6-12H,3-5H2,1-2H3,(H,22,28)(H,23,27)(H,24,30)(H,25,29). The third-order valence-electron chi connectivity index (χ3n) is 4.28. The van der Waals surface area contributed by atoms with Crippen LogP contribution in [-0.4, -0.2) is 56.2 Å². The van der Waals surface area contributed by atoms with Gasteiger partial charge in [0.1, 0.15) is 18.8 Å². The average Bonchev–Trinajstić information content (AvgIpc) is 3.52. The van der Waals surface area contributed by atoms with E-state index >= 15 is 0 Å². The fourth-order valence-corrected chi connectivity index (χ4v) is 2.71. The van der Waals surface area contributed by atoms with Gasteiger partial charge in [0.15, 0.2) is 17.3 Å². The molecule has 4 amide bonds. The Bertz CT molecular complexity index is 1130. The summed E-state index contributed by atoms with van der Waals surface area (Å²) in [6, 6.07) is 4.05. The summed E-state index contributed by atoms with van der Waals surface area (Å²) in [5, 5.41) is 10.1. The molecule has 12 nitrogen and oxygen atoms in total. The van der Waals surface area contributed by atoms with Gasteiger partial charge in [0.05, 0.1) is 17.1 Å². The second-order valence-corrected chi connectivity index (χ2v) is 7.18. The Balaban J connectivity index is 1.51. The number of nitrogens with zero attached hydrogens (tertiary/aromatic N) is 1. The van der Waals surface area contributed by atoms with Crippen molar-refractivity contribution in [1.29, 1.82) is 0 Å². The number of carbonyl (C=O) groups excluding carboxylic acids is 4. The van der Waals surface area contributed by atoms with Crippen molar-refractivity contribution in [2.24, 2.45) is 0 Å². The van der Waals surface area contributed by atoms with Crippen molar-refractivity contribution in [2.75, 3.05) is 43.1 Å². The normalized spacial score (nSPS) is 10.6. The predicted octanol–water partition coefficient (Wildman–Crippen LogP) is 2.22. The van der Waals surface area contributed by atoms with Crippen LogP contribution in [0.4, 0.5) is 17.1 Å². The molecule has 4 N–H and O–H groups in total. The molecule has 0 radical (unpaired) electrons. The van der Waals surface area contributed by atoms with Crippen LogP contribution in [0.25, 0.3) is 0 Å². The quantitative estimate of drug-likeness (QED) is 0.252. The zero-order valence-electron chi connectivity index (χ0n) is 18.0. The highest BCUT2D eigenvalue weighted by Gasteiger charge is 2.17. The van der Waals surface area contributed by atoms with E-state index < -0.39 is 11.8 Å². The number of nitrogens with one attached hydrogen (secondary N) is 4. The van der Waals surface area contributed by atoms with Gasteiger partial charge in [-0.25, -0.2) is 0 Å². The van der Waals surface area contributed by atoms with Gasteiger partial charge in [-0.05, 0) is 27.1 Å². The van der Waals surface area contributed by atoms with Gasteiger partial charge in [-0.3, -0.25) is 19.2 Å². The number of carbonyl (C=O) groups is 4. The molecule has 3 rings (SSSR count). The maximum atomic E-state index is 12.4. The smallest absolute Gasteiger partial charge is 0.291 e. The Morgan fingerprint density at radius 3 is 1.82 bits per heavy atom. The Labute approximate surface area is 188 Å². The zero-order chi connectivity index (χ0) is 23.8. The molecule has 3 aromatic heterocycles. The van der Waals surface area contributed by atoms with Gasteiger partial charge in [0.25, 0.3) is 17.7 Å². The number of anilines is 3. The molecular weight excluding hydrogens is 434 g/mol. The van der Waals surface area contributed by atoms with Gasteiger partial charge in [0.2, 0.25) is 6.41 Å². The molecule has 0 saturated heterocycles. The van der Waals surface area contributed by atoms with Gasteiger partial charge < -0.3 is 39.4 Å². The summed E-state index contributed by atoms with van der Waals surface area (Å²) in [5.74, 6) is -1.66. The Morgan fingerprint density at radius 2 is 1.30 bits per heavy atom. The zero-order valence-corrected chi connectivity index (χ0v) is 18.0. The SMILES string of the molecule is CN(C)CCCNC(=O)c1cc(NC(=O)c2cc(NC(=O)c3cc(NC=O)co3)co2)co1. The van der Waals surface area contributed by atoms with Gasteiger partial charge in [-0.2, -0.15) is 0 Å². The van der Waals surface area contributed by atoms with Crippen LogP contribution < -0.4 is 21.3 Å². The first-order valence-corrected chi connectivity index (χ1v) is 9.87. The molecule has 33 heavy (non-hydrogen) atoms. The maximum absolute atomic E-state index is 12.4. The molecular formula is C21H23N5O7. The van der Waals surface area contributed by atoms with E-state index in [-0.39, 0.29) is 34.6 Å². The minimum atomic E-state index is -0.607. The van der Waals surface area contributed by atoms with Gasteiger partial charge >= 0.3 is 0 Å². The first kappa shape index (κ1) is 23.3. The molecule has 0 fully saturated rings. The predicted molar refractivity (Wildman–Crippen MR) is 117 cm³/mol. The molecule has 3 heterocycles. The van der Waals surface area contributed by atoms with Crippen molar-refractivity contribution in [3.63, 3.8) is 0 Å². The van der Waals surface area contributed by atoms with Crippen LogP contribution in [0.3, 0.4) is 0 Å². The summed E-state index contributed by atoms with van der Waals surface area (Å²) in [4.78, 5) is 49.1. The lowest BCUT2D eigenvalue weighted by Crippen LogP contribution is -2.26. The monoisotopic (exact) mass is 457 g/mol. The van der Waals surface area contributed by atoms with E-state index in [1.165, 1.54) is 37.0 Å². The number of amides is 4. The third kappa shape index (κ3) is 6.58. The second kappa shape index (κ2) is 10.8. The highest BCUT2D eigenvalue weighted by atomic mass is 16.4. The topological polar surface area (TPSA) is 159 Å². The van der Waals surface area contributed by atoms with Crippen LogP contribution in [0.15, 0.2) is 50.2 Å². The lowest BCUT2D eigenvalue weighted by atomic mass is 10.3. The number of hydrogen-bond acceptors (Lipinski definition) is 8. The third-order valence-corrected chi connectivity index (χ3v) is 4.28. The first-order chi connectivity index (χ1) is 15.9. The molecule has 174 valence electrons. The summed E-state index contributed by atoms with van der Waals surface area (Å²) >= 11 is 0. The van der Waals surface area contributed by atoms with E-state index in [4.69, 9.17) is 13.3 Å². The van der Waals surface area contributed by atoms with Crippen molar-refractivity contribution in [2.45, 2.75) is 6.42 Å². The fourth-order valence-electron chi connectivity index (χ4n) is 2.71. The molecule has 0 spiro atoms. The highest BCUT2D eigenvalue weighted by Crippen LogP contribution is 2.19. The van der Waals surface area contributed by atoms with Crippen LogP contribution in [0, 0.1) is 0 Å². The Hall–Kier alpha value is -4.32. The van der Waals surface area contributed by atoms with Gasteiger partial charge in [0, 0.05) is 24.7 Å². The molecule has 0 unspecified atom stereocenters. The molecule has 0 aliphatic carbocycles. The van der Waals surface area contributed by atoms with Crippen LogP contribution >= 0.6 is 0 Å². The summed E-state index contributed by atoms with van der Waals surface area (Å²) in [5.41, 5.74) is 0.812. The van der Waals surface area contributed by atoms with Crippen LogP contribution in [0.5, 0.6) is 0 Å². The van der Waals surface area contributed by atoms with Crippen molar-refractivity contribution in [3.8, 4) is 0 Å². The molecule has 0 bridgehead atoms. The molecule has 3 aromatic rings. The second-order valence-electron chi connectivity index (χ2n) is 7.18. The van der Waals surface area contributed by atoms with Gasteiger partial charge in [-0.15, -0.1) is 0 Å². The minimum Gasteiger partial charge on any atom is -0.457 e. The molecule has 0 atom stereocenters. The maximum Gasteiger partial charge on any atom is 0.291 e. The summed E-state index contributed by atoms with van der Waals surface area (Å²) in [6.07, 6.45) is 4.87. The van der Waals surface area contributed by atoms with E-state index in [9.17, 15) is 19.2 Å². The molecule has 0 aliphatic heterocycles. The van der Waals surface area contributed by atoms with Crippen molar-refractivity contribution in [3.05, 3.63) is 54.3 Å². The van der Waals surface area contributed by atoms with Crippen LogP contribution in [-0.2, 0) is 4.79 Å². The summed E-state index contributed by atoms with van der Waals surface area (Å²) < 4.78 is 15.5. The lowest BCUT2D eigenvalue weighted by Gasteiger charge is -2.08. The van der Waals surface area contributed by atoms with E-state index in [1.54, 1.807) is 0 Å². The molecule has 0 saturated carbocycles. The van der Waals surface area contributed by atoms with Crippen molar-refractivity contribution in [1.82, 2.24) is 10.2 Å². The van der Waals surface area contributed by atoms with Crippen molar-refractivity contribution >= 4 is 41.2 Å². The van der Waals surface area contributed by atoms with E-state index in [1.807, 2.05) is 19.0 Å². The fraction of sp³-hybridized carbons (Fsp3) is 0.238. The average molecular weight is 457 g/mol. The van der Waals surface area contributed by atoms with Gasteiger partial charge in [-0.1, -0.05) is 0 Å². The highest BCUT2D eigenvalue weighted by molar-refractivity contribution is 6.06. The van der Waals surface area contributed by atoms with E-state index in [2.05, 4.69) is 21.3 Å². The number of furan rings is 3. The minimum absolute atomic E-state index is 0.0440. The van der Waals surface area contributed by atoms with E-state index in [0.29, 0.717) is 18.6 Å². The molecule has 0 aromatic carbocycles. The van der Waals surface area contributed by atoms with E-state index in [0.717, 1.165) is 13.0 Å². The Kier molecular flexibility index (Phi) is 7.65. The van der Waals surface area contributed by atoms with Crippen molar-refractivity contribution < 1.29 is 32.4 Å². The largest absolute Gasteiger partial charge is 0.457 e. The van der Waals surface area contributed by atoms with Crippen LogP contribution in [0.1, 0.15) is 38.1 Å². The lowest BCUT2D eigenvalue weighted by molar-refractivity contribution is -0.105. The number of rotatable bonds is 11. The summed E-state index contributed by atoms with van der Waals surface area (Å²) in [7, 11) is 3.89. The number of hydrogen-bond donors (Lipinski definition) is 4.